The van der Waals surface area contributed by atoms with Crippen LogP contribution < -0.4 is 0 Å². The average molecular weight is 286 g/mol. The second-order valence-corrected chi connectivity index (χ2v) is 4.98. The number of hydrogen-bond donors (Lipinski definition) is 0. The van der Waals surface area contributed by atoms with Gasteiger partial charge in [-0.05, 0) is 55.7 Å². The SMILES string of the molecule is CC1=C(C)C[C@H](C(F)(F)I)CC1. The molecule has 0 aromatic heterocycles. The third kappa shape index (κ3) is 2.41. The number of allylic oxidation sites excluding steroid dienone is 2. The van der Waals surface area contributed by atoms with Gasteiger partial charge in [-0.3, -0.25) is 0 Å². The highest BCUT2D eigenvalue weighted by atomic mass is 127. The van der Waals surface area contributed by atoms with Crippen molar-refractivity contribution in [3.05, 3.63) is 11.1 Å². The maximum absolute atomic E-state index is 12.9. The first-order chi connectivity index (χ1) is 5.41. The molecular weight excluding hydrogens is 273 g/mol. The van der Waals surface area contributed by atoms with Crippen LogP contribution in [-0.2, 0) is 0 Å². The summed E-state index contributed by atoms with van der Waals surface area (Å²) < 4.78 is 23.2. The Bertz CT molecular complexity index is 203. The molecule has 12 heavy (non-hydrogen) atoms. The monoisotopic (exact) mass is 286 g/mol. The quantitative estimate of drug-likeness (QED) is 0.386. The minimum Gasteiger partial charge on any atom is -0.195 e. The molecule has 0 bridgehead atoms. The molecule has 0 spiro atoms. The van der Waals surface area contributed by atoms with Gasteiger partial charge in [-0.2, -0.15) is 8.78 Å². The summed E-state index contributed by atoms with van der Waals surface area (Å²) in [5.74, 6) is -0.443. The fraction of sp³-hybridized carbons (Fsp3) is 0.778. The minimum absolute atomic E-state index is 0.443. The molecule has 0 unspecified atom stereocenters. The number of rotatable bonds is 1. The molecule has 0 saturated heterocycles. The second-order valence-electron chi connectivity index (χ2n) is 3.54. The molecular formula is C9H13F2I. The normalized spacial score (nSPS) is 26.2. The lowest BCUT2D eigenvalue weighted by Gasteiger charge is -2.27. The largest absolute Gasteiger partial charge is 0.299 e. The smallest absolute Gasteiger partial charge is 0.195 e. The molecule has 0 saturated carbocycles. The van der Waals surface area contributed by atoms with Crippen molar-refractivity contribution >= 4 is 22.6 Å². The van der Waals surface area contributed by atoms with Gasteiger partial charge in [0, 0.05) is 5.92 Å². The first-order valence-corrected chi connectivity index (χ1v) is 5.21. The Morgan fingerprint density at radius 1 is 1.33 bits per heavy atom. The molecule has 1 atom stereocenters. The van der Waals surface area contributed by atoms with Crippen LogP contribution in [0.5, 0.6) is 0 Å². The van der Waals surface area contributed by atoms with E-state index < -0.39 is 9.85 Å². The van der Waals surface area contributed by atoms with E-state index >= 15 is 0 Å². The maximum atomic E-state index is 12.9. The van der Waals surface area contributed by atoms with Crippen molar-refractivity contribution in [3.8, 4) is 0 Å². The summed E-state index contributed by atoms with van der Waals surface area (Å²) in [7, 11) is 0. The van der Waals surface area contributed by atoms with E-state index in [9.17, 15) is 8.78 Å². The van der Waals surface area contributed by atoms with Crippen molar-refractivity contribution in [1.82, 2.24) is 0 Å². The van der Waals surface area contributed by atoms with Crippen LogP contribution in [0.2, 0.25) is 0 Å². The average Bonchev–Trinajstić information content (AvgIpc) is 1.92. The van der Waals surface area contributed by atoms with Gasteiger partial charge >= 0.3 is 0 Å². The van der Waals surface area contributed by atoms with Crippen LogP contribution in [0.25, 0.3) is 0 Å². The van der Waals surface area contributed by atoms with Crippen LogP contribution in [0.15, 0.2) is 11.1 Å². The zero-order valence-corrected chi connectivity index (χ0v) is 9.49. The molecule has 0 aliphatic heterocycles. The van der Waals surface area contributed by atoms with E-state index in [0.29, 0.717) is 12.8 Å². The van der Waals surface area contributed by atoms with Gasteiger partial charge in [-0.15, -0.1) is 0 Å². The molecule has 1 rings (SSSR count). The summed E-state index contributed by atoms with van der Waals surface area (Å²) in [4.78, 5) is 0. The molecule has 0 radical (unpaired) electrons. The van der Waals surface area contributed by atoms with Crippen molar-refractivity contribution < 1.29 is 8.78 Å². The summed E-state index contributed by atoms with van der Waals surface area (Å²) in [5, 5.41) is 0. The van der Waals surface area contributed by atoms with Gasteiger partial charge in [-0.1, -0.05) is 11.1 Å². The highest BCUT2D eigenvalue weighted by Crippen LogP contribution is 2.42. The molecule has 3 heteroatoms. The topological polar surface area (TPSA) is 0 Å². The number of alkyl halides is 3. The minimum atomic E-state index is -2.53. The van der Waals surface area contributed by atoms with Crippen LogP contribution in [0.4, 0.5) is 8.78 Å². The summed E-state index contributed by atoms with van der Waals surface area (Å²) >= 11 is 1.26. The van der Waals surface area contributed by atoms with Gasteiger partial charge in [-0.25, -0.2) is 0 Å². The highest BCUT2D eigenvalue weighted by Gasteiger charge is 2.37. The van der Waals surface area contributed by atoms with Crippen molar-refractivity contribution in [3.63, 3.8) is 0 Å². The Kier molecular flexibility index (Phi) is 3.12. The van der Waals surface area contributed by atoms with Crippen LogP contribution in [0, 0.1) is 5.92 Å². The van der Waals surface area contributed by atoms with Crippen LogP contribution >= 0.6 is 22.6 Å². The molecule has 0 fully saturated rings. The maximum Gasteiger partial charge on any atom is 0.299 e. The Morgan fingerprint density at radius 3 is 2.33 bits per heavy atom. The molecule has 0 heterocycles. The number of halogens is 3. The summed E-state index contributed by atoms with van der Waals surface area (Å²) in [6.45, 7) is 4.00. The molecule has 1 aliphatic rings. The van der Waals surface area contributed by atoms with Gasteiger partial charge in [0.2, 0.25) is 0 Å². The van der Waals surface area contributed by atoms with E-state index in [1.54, 1.807) is 0 Å². The van der Waals surface area contributed by atoms with Crippen molar-refractivity contribution in [2.24, 2.45) is 5.92 Å². The third-order valence-corrected chi connectivity index (χ3v) is 3.49. The Balaban J connectivity index is 2.67. The van der Waals surface area contributed by atoms with E-state index in [2.05, 4.69) is 0 Å². The fourth-order valence-electron chi connectivity index (χ4n) is 1.53. The fourth-order valence-corrected chi connectivity index (χ4v) is 2.06. The summed E-state index contributed by atoms with van der Waals surface area (Å²) in [6, 6.07) is 0. The molecule has 1 aliphatic carbocycles. The first-order valence-electron chi connectivity index (χ1n) is 4.13. The predicted molar refractivity (Wildman–Crippen MR) is 54.7 cm³/mol. The molecule has 0 nitrogen and oxygen atoms in total. The van der Waals surface area contributed by atoms with Crippen LogP contribution in [0.1, 0.15) is 33.1 Å². The first kappa shape index (κ1) is 10.4. The lowest BCUT2D eigenvalue weighted by atomic mass is 9.85. The second kappa shape index (κ2) is 3.60. The standard InChI is InChI=1S/C9H13F2I/c1-6-3-4-8(5-7(6)2)9(10,11)12/h8H,3-5H2,1-2H3/t8-/m1/s1. The molecule has 0 aromatic rings. The van der Waals surface area contributed by atoms with E-state index in [4.69, 9.17) is 0 Å². The van der Waals surface area contributed by atoms with Gasteiger partial charge in [0.1, 0.15) is 0 Å². The van der Waals surface area contributed by atoms with Gasteiger partial charge < -0.3 is 0 Å². The van der Waals surface area contributed by atoms with Crippen LogP contribution in [-0.4, -0.2) is 3.93 Å². The molecule has 70 valence electrons. The molecule has 0 aromatic carbocycles. The van der Waals surface area contributed by atoms with Gasteiger partial charge in [0.25, 0.3) is 3.93 Å². The lowest BCUT2D eigenvalue weighted by molar-refractivity contribution is 0.0502. The Hall–Kier alpha value is 0.330. The van der Waals surface area contributed by atoms with E-state index in [-0.39, 0.29) is 0 Å². The third-order valence-electron chi connectivity index (χ3n) is 2.61. The summed E-state index contributed by atoms with van der Waals surface area (Å²) in [5.41, 5.74) is 2.45. The van der Waals surface area contributed by atoms with Gasteiger partial charge in [0.15, 0.2) is 0 Å². The Morgan fingerprint density at radius 2 is 1.92 bits per heavy atom. The Labute approximate surface area is 85.6 Å². The van der Waals surface area contributed by atoms with Crippen molar-refractivity contribution in [1.29, 1.82) is 0 Å². The highest BCUT2D eigenvalue weighted by molar-refractivity contribution is 14.1. The van der Waals surface area contributed by atoms with Gasteiger partial charge in [0.05, 0.1) is 0 Å². The lowest BCUT2D eigenvalue weighted by Crippen LogP contribution is -2.23. The summed E-state index contributed by atoms with van der Waals surface area (Å²) in [6.07, 6.45) is 2.05. The van der Waals surface area contributed by atoms with E-state index in [1.807, 2.05) is 13.8 Å². The molecule has 0 amide bonds. The number of hydrogen-bond acceptors (Lipinski definition) is 0. The van der Waals surface area contributed by atoms with E-state index in [1.165, 1.54) is 28.2 Å². The predicted octanol–water partition coefficient (Wildman–Crippen LogP) is 4.15. The van der Waals surface area contributed by atoms with E-state index in [0.717, 1.165) is 12.0 Å². The zero-order valence-electron chi connectivity index (χ0n) is 7.33. The van der Waals surface area contributed by atoms with Crippen molar-refractivity contribution in [2.75, 3.05) is 0 Å². The van der Waals surface area contributed by atoms with Crippen molar-refractivity contribution in [2.45, 2.75) is 37.0 Å². The van der Waals surface area contributed by atoms with Crippen LogP contribution in [0.3, 0.4) is 0 Å². The molecule has 0 N–H and O–H groups in total. The zero-order chi connectivity index (χ0) is 9.35.